The number of nitrogens with one attached hydrogen (secondary N) is 1. The van der Waals surface area contributed by atoms with Crippen LogP contribution in [-0.4, -0.2) is 17.0 Å². The number of hydrogen-bond acceptors (Lipinski definition) is 2. The fraction of sp³-hybridized carbons (Fsp3) is 0.538. The first-order valence-corrected chi connectivity index (χ1v) is 7.35. The first-order chi connectivity index (χ1) is 7.49. The van der Waals surface area contributed by atoms with Gasteiger partial charge in [-0.05, 0) is 11.6 Å². The molecule has 1 N–H and O–H groups in total. The van der Waals surface area contributed by atoms with Crippen molar-refractivity contribution in [2.75, 3.05) is 12.3 Å². The van der Waals surface area contributed by atoms with Gasteiger partial charge in [0.2, 0.25) is 0 Å². The Bertz CT molecular complexity index is 325. The van der Waals surface area contributed by atoms with Crippen molar-refractivity contribution >= 4 is 40.1 Å². The highest BCUT2D eigenvalue weighted by molar-refractivity contribution is 9.10. The molecule has 0 bridgehead atoms. The van der Waals surface area contributed by atoms with Gasteiger partial charge in [-0.3, -0.25) is 0 Å². The molecule has 0 amide bonds. The van der Waals surface area contributed by atoms with Crippen molar-refractivity contribution in [3.05, 3.63) is 34.3 Å². The van der Waals surface area contributed by atoms with E-state index >= 15 is 0 Å². The average molecular weight is 339 g/mol. The van der Waals surface area contributed by atoms with Gasteiger partial charge in [-0.2, -0.15) is 11.8 Å². The molecule has 0 radical (unpaired) electrons. The third kappa shape index (κ3) is 8.09. The normalized spacial score (nSPS) is 11.1. The number of thioether (sulfide) groups is 1. The predicted octanol–water partition coefficient (Wildman–Crippen LogP) is 4.49. The molecule has 0 aliphatic rings. The molecule has 98 valence electrons. The second-order valence-electron chi connectivity index (χ2n) is 4.73. The molecule has 17 heavy (non-hydrogen) atoms. The quantitative estimate of drug-likeness (QED) is 0.794. The highest BCUT2D eigenvalue weighted by atomic mass is 79.9. The molecule has 0 heterocycles. The monoisotopic (exact) mass is 337 g/mol. The standard InChI is InChI=1S/C13H20BrNS.ClH/c1-13(2,3)16-9-8-15-10-11-6-4-5-7-12(11)14;/h4-7,15H,8-10H2,1-3H3;1H. The minimum absolute atomic E-state index is 0. The molecule has 0 saturated heterocycles. The lowest BCUT2D eigenvalue weighted by Gasteiger charge is -2.17. The molecule has 0 aromatic heterocycles. The van der Waals surface area contributed by atoms with E-state index in [2.05, 4.69) is 60.2 Å². The highest BCUT2D eigenvalue weighted by Crippen LogP contribution is 2.22. The van der Waals surface area contributed by atoms with Crippen LogP contribution in [0.1, 0.15) is 26.3 Å². The van der Waals surface area contributed by atoms with Gasteiger partial charge in [0.15, 0.2) is 0 Å². The van der Waals surface area contributed by atoms with Crippen molar-refractivity contribution in [3.8, 4) is 0 Å². The van der Waals surface area contributed by atoms with E-state index in [9.17, 15) is 0 Å². The van der Waals surface area contributed by atoms with Crippen molar-refractivity contribution in [2.45, 2.75) is 32.1 Å². The molecule has 1 aromatic carbocycles. The van der Waals surface area contributed by atoms with Gasteiger partial charge < -0.3 is 5.32 Å². The van der Waals surface area contributed by atoms with Gasteiger partial charge in [0.05, 0.1) is 0 Å². The molecule has 0 atom stereocenters. The van der Waals surface area contributed by atoms with E-state index in [1.54, 1.807) is 0 Å². The molecule has 0 unspecified atom stereocenters. The molecule has 1 nitrogen and oxygen atoms in total. The van der Waals surface area contributed by atoms with Crippen LogP contribution in [0.3, 0.4) is 0 Å². The summed E-state index contributed by atoms with van der Waals surface area (Å²) in [6.07, 6.45) is 0. The zero-order valence-electron chi connectivity index (χ0n) is 10.6. The lowest BCUT2D eigenvalue weighted by atomic mass is 10.2. The van der Waals surface area contributed by atoms with Crippen LogP contribution in [0.15, 0.2) is 28.7 Å². The summed E-state index contributed by atoms with van der Waals surface area (Å²) in [4.78, 5) is 0. The molecule has 4 heteroatoms. The molecular formula is C13H21BrClNS. The summed E-state index contributed by atoms with van der Waals surface area (Å²) in [6, 6.07) is 8.35. The number of hydrogen-bond donors (Lipinski definition) is 1. The van der Waals surface area contributed by atoms with Crippen LogP contribution in [0.4, 0.5) is 0 Å². The molecule has 0 aliphatic heterocycles. The second-order valence-corrected chi connectivity index (χ2v) is 7.51. The van der Waals surface area contributed by atoms with E-state index in [0.29, 0.717) is 4.75 Å². The lowest BCUT2D eigenvalue weighted by molar-refractivity contribution is 0.724. The van der Waals surface area contributed by atoms with Crippen molar-refractivity contribution in [2.24, 2.45) is 0 Å². The fourth-order valence-corrected chi connectivity index (χ4v) is 2.58. The summed E-state index contributed by atoms with van der Waals surface area (Å²) in [5.74, 6) is 1.16. The average Bonchev–Trinajstić information content (AvgIpc) is 2.18. The van der Waals surface area contributed by atoms with Crippen LogP contribution in [0.25, 0.3) is 0 Å². The molecule has 0 aliphatic carbocycles. The van der Waals surface area contributed by atoms with Crippen LogP contribution in [0.5, 0.6) is 0 Å². The first kappa shape index (κ1) is 17.3. The Morgan fingerprint density at radius 1 is 1.24 bits per heavy atom. The highest BCUT2D eigenvalue weighted by Gasteiger charge is 2.09. The van der Waals surface area contributed by atoms with Crippen molar-refractivity contribution in [1.29, 1.82) is 0 Å². The zero-order valence-corrected chi connectivity index (χ0v) is 13.8. The van der Waals surface area contributed by atoms with Gasteiger partial charge in [-0.15, -0.1) is 12.4 Å². The second kappa shape index (κ2) is 8.41. The molecule has 0 saturated carbocycles. The summed E-state index contributed by atoms with van der Waals surface area (Å²) in [7, 11) is 0. The minimum atomic E-state index is 0. The minimum Gasteiger partial charge on any atom is -0.312 e. The van der Waals surface area contributed by atoms with Gasteiger partial charge >= 0.3 is 0 Å². The van der Waals surface area contributed by atoms with Crippen LogP contribution in [0, 0.1) is 0 Å². The fourth-order valence-electron chi connectivity index (χ4n) is 1.29. The SMILES string of the molecule is CC(C)(C)SCCNCc1ccccc1Br.Cl. The number of halogens is 2. The van der Waals surface area contributed by atoms with Gasteiger partial charge in [0, 0.05) is 28.1 Å². The molecule has 1 rings (SSSR count). The topological polar surface area (TPSA) is 12.0 Å². The van der Waals surface area contributed by atoms with Crippen LogP contribution < -0.4 is 5.32 Å². The van der Waals surface area contributed by atoms with E-state index < -0.39 is 0 Å². The Kier molecular flexibility index (Phi) is 8.56. The summed E-state index contributed by atoms with van der Waals surface area (Å²) in [6.45, 7) is 8.76. The Morgan fingerprint density at radius 2 is 1.88 bits per heavy atom. The largest absolute Gasteiger partial charge is 0.312 e. The lowest BCUT2D eigenvalue weighted by Crippen LogP contribution is -2.19. The first-order valence-electron chi connectivity index (χ1n) is 5.57. The maximum absolute atomic E-state index is 3.55. The van der Waals surface area contributed by atoms with Gasteiger partial charge in [0.1, 0.15) is 0 Å². The molecule has 1 aromatic rings. The van der Waals surface area contributed by atoms with E-state index in [1.807, 2.05) is 17.8 Å². The summed E-state index contributed by atoms with van der Waals surface area (Å²) in [5, 5.41) is 3.46. The molecular weight excluding hydrogens is 318 g/mol. The van der Waals surface area contributed by atoms with E-state index in [-0.39, 0.29) is 12.4 Å². The van der Waals surface area contributed by atoms with Crippen molar-refractivity contribution < 1.29 is 0 Å². The Hall–Kier alpha value is 0.300. The predicted molar refractivity (Wildman–Crippen MR) is 85.3 cm³/mol. The van der Waals surface area contributed by atoms with Gasteiger partial charge in [0.25, 0.3) is 0 Å². The van der Waals surface area contributed by atoms with Crippen molar-refractivity contribution in [3.63, 3.8) is 0 Å². The van der Waals surface area contributed by atoms with Gasteiger partial charge in [-0.25, -0.2) is 0 Å². The maximum atomic E-state index is 3.55. The van der Waals surface area contributed by atoms with Crippen LogP contribution in [0.2, 0.25) is 0 Å². The Labute approximate surface area is 124 Å². The van der Waals surface area contributed by atoms with E-state index in [1.165, 1.54) is 10.0 Å². The zero-order chi connectivity index (χ0) is 12.0. The number of benzene rings is 1. The van der Waals surface area contributed by atoms with Gasteiger partial charge in [-0.1, -0.05) is 54.9 Å². The summed E-state index contributed by atoms with van der Waals surface area (Å²) >= 11 is 5.55. The van der Waals surface area contributed by atoms with Crippen LogP contribution >= 0.6 is 40.1 Å². The van der Waals surface area contributed by atoms with E-state index in [0.717, 1.165) is 18.8 Å². The third-order valence-electron chi connectivity index (χ3n) is 2.09. The van der Waals surface area contributed by atoms with E-state index in [4.69, 9.17) is 0 Å². The molecule has 0 spiro atoms. The molecule has 0 fully saturated rings. The Balaban J connectivity index is 0.00000256. The summed E-state index contributed by atoms with van der Waals surface area (Å²) in [5.41, 5.74) is 1.32. The number of rotatable bonds is 5. The smallest absolute Gasteiger partial charge is 0.0220 e. The Morgan fingerprint density at radius 3 is 2.47 bits per heavy atom. The van der Waals surface area contributed by atoms with Crippen LogP contribution in [-0.2, 0) is 6.54 Å². The maximum Gasteiger partial charge on any atom is 0.0220 e. The summed E-state index contributed by atoms with van der Waals surface area (Å²) < 4.78 is 1.56. The van der Waals surface area contributed by atoms with Crippen molar-refractivity contribution in [1.82, 2.24) is 5.32 Å². The third-order valence-corrected chi connectivity index (χ3v) is 4.14.